The van der Waals surface area contributed by atoms with Gasteiger partial charge < -0.3 is 20.1 Å². The lowest BCUT2D eigenvalue weighted by Gasteiger charge is -2.32. The summed E-state index contributed by atoms with van der Waals surface area (Å²) in [7, 11) is 0. The van der Waals surface area contributed by atoms with Gasteiger partial charge >= 0.3 is 6.03 Å². The SMILES string of the molecule is O=C1CCN(C2OC(CO)[C@H](O)C2O)C(=O)N1. The average Bonchev–Trinajstić information content (AvgIpc) is 2.57. The topological polar surface area (TPSA) is 119 Å². The molecule has 8 heteroatoms. The number of nitrogens with zero attached hydrogens (tertiary/aromatic N) is 1. The predicted molar refractivity (Wildman–Crippen MR) is 52.6 cm³/mol. The van der Waals surface area contributed by atoms with Crippen LogP contribution in [0.2, 0.25) is 0 Å². The maximum absolute atomic E-state index is 11.5. The van der Waals surface area contributed by atoms with Gasteiger partial charge in [0, 0.05) is 13.0 Å². The summed E-state index contributed by atoms with van der Waals surface area (Å²) in [4.78, 5) is 23.6. The third kappa shape index (κ3) is 2.12. The van der Waals surface area contributed by atoms with Gasteiger partial charge in [0.25, 0.3) is 0 Å². The van der Waals surface area contributed by atoms with Gasteiger partial charge in [-0.1, -0.05) is 0 Å². The highest BCUT2D eigenvalue weighted by Crippen LogP contribution is 2.25. The molecule has 0 bridgehead atoms. The molecule has 0 saturated carbocycles. The van der Waals surface area contributed by atoms with Crippen molar-refractivity contribution < 1.29 is 29.6 Å². The molecule has 2 aliphatic rings. The van der Waals surface area contributed by atoms with Crippen molar-refractivity contribution in [2.75, 3.05) is 13.2 Å². The molecular weight excluding hydrogens is 232 g/mol. The van der Waals surface area contributed by atoms with Crippen LogP contribution in [0.1, 0.15) is 6.42 Å². The molecule has 2 fully saturated rings. The number of carbonyl (C=O) groups excluding carboxylic acids is 2. The summed E-state index contributed by atoms with van der Waals surface area (Å²) in [5.41, 5.74) is 0. The second-order valence-electron chi connectivity index (χ2n) is 4.03. The third-order valence-corrected chi connectivity index (χ3v) is 2.91. The molecule has 0 radical (unpaired) electrons. The van der Waals surface area contributed by atoms with E-state index in [2.05, 4.69) is 5.32 Å². The standard InChI is InChI=1S/C9H14N2O6/c12-3-4-6(14)7(15)8(17-4)11-2-1-5(13)10-9(11)16/h4,6-8,12,14-15H,1-3H2,(H,10,13,16)/t4?,6-,7?,8?/m0/s1. The zero-order valence-corrected chi connectivity index (χ0v) is 8.94. The highest BCUT2D eigenvalue weighted by atomic mass is 16.6. The first kappa shape index (κ1) is 12.2. The highest BCUT2D eigenvalue weighted by Gasteiger charge is 2.47. The second kappa shape index (κ2) is 4.57. The van der Waals surface area contributed by atoms with Gasteiger partial charge in [-0.25, -0.2) is 4.79 Å². The Labute approximate surface area is 96.8 Å². The Hall–Kier alpha value is -1.22. The van der Waals surface area contributed by atoms with E-state index in [4.69, 9.17) is 9.84 Å². The zero-order valence-electron chi connectivity index (χ0n) is 8.94. The predicted octanol–water partition coefficient (Wildman–Crippen LogP) is -2.63. The first-order chi connectivity index (χ1) is 8.04. The number of amides is 3. The first-order valence-electron chi connectivity index (χ1n) is 5.27. The van der Waals surface area contributed by atoms with E-state index >= 15 is 0 Å². The number of aliphatic hydroxyl groups is 3. The fraction of sp³-hybridized carbons (Fsp3) is 0.778. The van der Waals surface area contributed by atoms with E-state index in [1.54, 1.807) is 0 Å². The minimum atomic E-state index is -1.30. The van der Waals surface area contributed by atoms with Gasteiger partial charge in [-0.15, -0.1) is 0 Å². The van der Waals surface area contributed by atoms with E-state index in [-0.39, 0.29) is 13.0 Å². The number of ether oxygens (including phenoxy) is 1. The summed E-state index contributed by atoms with van der Waals surface area (Å²) < 4.78 is 5.18. The zero-order chi connectivity index (χ0) is 12.6. The Morgan fingerprint density at radius 2 is 2.06 bits per heavy atom. The van der Waals surface area contributed by atoms with E-state index in [9.17, 15) is 19.8 Å². The number of hydrogen-bond acceptors (Lipinski definition) is 6. The lowest BCUT2D eigenvalue weighted by molar-refractivity contribution is -0.125. The molecule has 0 aromatic carbocycles. The van der Waals surface area contributed by atoms with Gasteiger partial charge in [0.05, 0.1) is 6.61 Å². The maximum Gasteiger partial charge on any atom is 0.326 e. The summed E-state index contributed by atoms with van der Waals surface area (Å²) >= 11 is 0. The largest absolute Gasteiger partial charge is 0.394 e. The molecule has 3 unspecified atom stereocenters. The number of imide groups is 1. The Morgan fingerprint density at radius 3 is 2.59 bits per heavy atom. The average molecular weight is 246 g/mol. The van der Waals surface area contributed by atoms with Crippen LogP contribution < -0.4 is 5.32 Å². The van der Waals surface area contributed by atoms with Crippen molar-refractivity contribution in [3.63, 3.8) is 0 Å². The van der Waals surface area contributed by atoms with Gasteiger partial charge in [-0.3, -0.25) is 15.0 Å². The van der Waals surface area contributed by atoms with Crippen molar-refractivity contribution in [3.05, 3.63) is 0 Å². The lowest BCUT2D eigenvalue weighted by Crippen LogP contribution is -2.56. The summed E-state index contributed by atoms with van der Waals surface area (Å²) in [6, 6.07) is -0.670. The number of aliphatic hydroxyl groups excluding tert-OH is 3. The molecule has 0 aromatic heterocycles. The van der Waals surface area contributed by atoms with E-state index < -0.39 is 43.1 Å². The van der Waals surface area contributed by atoms with Crippen molar-refractivity contribution >= 4 is 11.9 Å². The number of nitrogens with one attached hydrogen (secondary N) is 1. The number of urea groups is 1. The van der Waals surface area contributed by atoms with E-state index in [0.717, 1.165) is 4.90 Å². The molecule has 8 nitrogen and oxygen atoms in total. The van der Waals surface area contributed by atoms with Crippen LogP contribution in [0.3, 0.4) is 0 Å². The summed E-state index contributed by atoms with van der Waals surface area (Å²) in [5, 5.41) is 30.2. The van der Waals surface area contributed by atoms with E-state index in [1.165, 1.54) is 0 Å². The Balaban J connectivity index is 2.08. The lowest BCUT2D eigenvalue weighted by atomic mass is 10.1. The Kier molecular flexibility index (Phi) is 3.29. The van der Waals surface area contributed by atoms with Crippen LogP contribution in [0.4, 0.5) is 4.79 Å². The number of hydrogen-bond donors (Lipinski definition) is 4. The highest BCUT2D eigenvalue weighted by molar-refractivity contribution is 5.96. The van der Waals surface area contributed by atoms with Crippen molar-refractivity contribution in [3.8, 4) is 0 Å². The van der Waals surface area contributed by atoms with Gasteiger partial charge in [0.2, 0.25) is 5.91 Å². The van der Waals surface area contributed by atoms with Crippen LogP contribution in [0.15, 0.2) is 0 Å². The molecular formula is C9H14N2O6. The molecule has 2 aliphatic heterocycles. The van der Waals surface area contributed by atoms with Crippen LogP contribution in [0, 0.1) is 0 Å². The van der Waals surface area contributed by atoms with Gasteiger partial charge in [-0.2, -0.15) is 0 Å². The minimum absolute atomic E-state index is 0.108. The fourth-order valence-corrected chi connectivity index (χ4v) is 1.96. The van der Waals surface area contributed by atoms with Gasteiger partial charge in [-0.05, 0) is 0 Å². The molecule has 17 heavy (non-hydrogen) atoms. The molecule has 2 heterocycles. The van der Waals surface area contributed by atoms with Crippen LogP contribution >= 0.6 is 0 Å². The molecule has 96 valence electrons. The Morgan fingerprint density at radius 1 is 1.35 bits per heavy atom. The summed E-state index contributed by atoms with van der Waals surface area (Å²) in [6.07, 6.45) is -4.42. The first-order valence-corrected chi connectivity index (χ1v) is 5.27. The quantitative estimate of drug-likeness (QED) is 0.423. The van der Waals surface area contributed by atoms with Crippen LogP contribution in [-0.4, -0.2) is 69.8 Å². The molecule has 0 aliphatic carbocycles. The summed E-state index contributed by atoms with van der Waals surface area (Å²) in [5.74, 6) is -0.391. The normalized spacial score (nSPS) is 38.4. The molecule has 2 saturated heterocycles. The monoisotopic (exact) mass is 246 g/mol. The minimum Gasteiger partial charge on any atom is -0.394 e. The van der Waals surface area contributed by atoms with Crippen LogP contribution in [0.25, 0.3) is 0 Å². The Bertz CT molecular complexity index is 335. The molecule has 0 spiro atoms. The van der Waals surface area contributed by atoms with Crippen LogP contribution in [-0.2, 0) is 9.53 Å². The second-order valence-corrected chi connectivity index (χ2v) is 4.03. The molecule has 4 atom stereocenters. The van der Waals surface area contributed by atoms with Crippen molar-refractivity contribution in [2.24, 2.45) is 0 Å². The van der Waals surface area contributed by atoms with Gasteiger partial charge in [0.15, 0.2) is 6.23 Å². The van der Waals surface area contributed by atoms with Crippen molar-refractivity contribution in [2.45, 2.75) is 31.0 Å². The third-order valence-electron chi connectivity index (χ3n) is 2.91. The number of rotatable bonds is 2. The van der Waals surface area contributed by atoms with Crippen molar-refractivity contribution in [1.29, 1.82) is 0 Å². The van der Waals surface area contributed by atoms with Crippen LogP contribution in [0.5, 0.6) is 0 Å². The summed E-state index contributed by atoms with van der Waals surface area (Å²) in [6.45, 7) is -0.347. The van der Waals surface area contributed by atoms with Gasteiger partial charge in [0.1, 0.15) is 18.3 Å². The molecule has 0 aromatic rings. The molecule has 2 rings (SSSR count). The van der Waals surface area contributed by atoms with Crippen molar-refractivity contribution in [1.82, 2.24) is 10.2 Å². The van der Waals surface area contributed by atoms with E-state index in [0.29, 0.717) is 0 Å². The fourth-order valence-electron chi connectivity index (χ4n) is 1.96. The molecule has 3 amide bonds. The maximum atomic E-state index is 11.5. The van der Waals surface area contributed by atoms with E-state index in [1.807, 2.05) is 0 Å². The smallest absolute Gasteiger partial charge is 0.326 e. The molecule has 4 N–H and O–H groups in total. The number of carbonyl (C=O) groups is 2.